The lowest BCUT2D eigenvalue weighted by Crippen LogP contribution is -2.30. The first-order valence-electron chi connectivity index (χ1n) is 8.22. The molecule has 3 aromatic rings. The maximum Gasteiger partial charge on any atom is 0.367 e. The second-order valence-corrected chi connectivity index (χ2v) is 7.74. The zero-order valence-electron chi connectivity index (χ0n) is 14.7. The van der Waals surface area contributed by atoms with Crippen LogP contribution in [-0.2, 0) is 20.9 Å². The van der Waals surface area contributed by atoms with Crippen molar-refractivity contribution in [2.45, 2.75) is 13.5 Å². The summed E-state index contributed by atoms with van der Waals surface area (Å²) in [5.74, 6) is -1.59. The van der Waals surface area contributed by atoms with Crippen LogP contribution < -0.4 is 5.32 Å². The number of carbonyl (C=O) groups is 3. The first-order chi connectivity index (χ1) is 13.5. The predicted molar refractivity (Wildman–Crippen MR) is 107 cm³/mol. The molecule has 0 aliphatic carbocycles. The van der Waals surface area contributed by atoms with E-state index < -0.39 is 17.8 Å². The topological polar surface area (TPSA) is 94.6 Å². The van der Waals surface area contributed by atoms with Gasteiger partial charge in [0, 0.05) is 15.5 Å². The molecule has 10 heteroatoms. The Morgan fingerprint density at radius 2 is 2.00 bits per heavy atom. The average Bonchev–Trinajstić information content (AvgIpc) is 3.30. The van der Waals surface area contributed by atoms with Gasteiger partial charge in [-0.15, -0.1) is 22.7 Å². The second-order valence-electron chi connectivity index (χ2n) is 5.45. The van der Waals surface area contributed by atoms with Crippen molar-refractivity contribution in [1.82, 2.24) is 10.3 Å². The van der Waals surface area contributed by atoms with Gasteiger partial charge in [-0.05, 0) is 13.0 Å². The highest BCUT2D eigenvalue weighted by atomic mass is 35.5. The number of hydrogen-bond donors (Lipinski definition) is 1. The van der Waals surface area contributed by atoms with Crippen LogP contribution in [0.1, 0.15) is 32.1 Å². The standard InChI is InChI=1S/C18H15ClN2O5S2/c1-2-25-18(24)17-21-10(9-27-17)8-26-13(22)7-20-16(23)15-14(19)11-5-3-4-6-12(11)28-15/h3-6,9H,2,7-8H2,1H3,(H,20,23). The maximum absolute atomic E-state index is 12.3. The molecule has 0 fully saturated rings. The average molecular weight is 439 g/mol. The lowest BCUT2D eigenvalue weighted by Gasteiger charge is -2.05. The van der Waals surface area contributed by atoms with Crippen LogP contribution in [0.25, 0.3) is 10.1 Å². The van der Waals surface area contributed by atoms with Crippen LogP contribution in [0.15, 0.2) is 29.6 Å². The smallest absolute Gasteiger partial charge is 0.367 e. The van der Waals surface area contributed by atoms with Gasteiger partial charge >= 0.3 is 11.9 Å². The molecule has 0 aliphatic rings. The quantitative estimate of drug-likeness (QED) is 0.565. The van der Waals surface area contributed by atoms with Crippen LogP contribution in [0.3, 0.4) is 0 Å². The molecule has 7 nitrogen and oxygen atoms in total. The van der Waals surface area contributed by atoms with Crippen LogP contribution in [0.5, 0.6) is 0 Å². The molecule has 0 spiro atoms. The first kappa shape index (κ1) is 20.2. The summed E-state index contributed by atoms with van der Waals surface area (Å²) >= 11 is 8.61. The fourth-order valence-electron chi connectivity index (χ4n) is 2.26. The fraction of sp³-hybridized carbons (Fsp3) is 0.222. The van der Waals surface area contributed by atoms with Gasteiger partial charge in [0.2, 0.25) is 5.01 Å². The predicted octanol–water partition coefficient (Wildman–Crippen LogP) is 3.66. The van der Waals surface area contributed by atoms with Crippen molar-refractivity contribution in [1.29, 1.82) is 0 Å². The third-order valence-corrected chi connectivity index (χ3v) is 6.06. The molecule has 0 atom stereocenters. The molecule has 28 heavy (non-hydrogen) atoms. The molecular formula is C18H15ClN2O5S2. The number of halogens is 1. The number of amides is 1. The van der Waals surface area contributed by atoms with Crippen molar-refractivity contribution in [2.24, 2.45) is 0 Å². The Kier molecular flexibility index (Phi) is 6.61. The van der Waals surface area contributed by atoms with E-state index in [0.717, 1.165) is 21.4 Å². The van der Waals surface area contributed by atoms with Crippen molar-refractivity contribution in [3.63, 3.8) is 0 Å². The SMILES string of the molecule is CCOC(=O)c1nc(COC(=O)CNC(=O)c2sc3ccccc3c2Cl)cs1. The highest BCUT2D eigenvalue weighted by molar-refractivity contribution is 7.21. The van der Waals surface area contributed by atoms with Crippen LogP contribution in [0.4, 0.5) is 0 Å². The second kappa shape index (κ2) is 9.13. The van der Waals surface area contributed by atoms with Gasteiger partial charge in [0.15, 0.2) is 0 Å². The van der Waals surface area contributed by atoms with Gasteiger partial charge in [0.05, 0.1) is 17.3 Å². The zero-order chi connectivity index (χ0) is 20.1. The fourth-order valence-corrected chi connectivity index (χ4v) is 4.39. The van der Waals surface area contributed by atoms with E-state index in [-0.39, 0.29) is 24.8 Å². The monoisotopic (exact) mass is 438 g/mol. The highest BCUT2D eigenvalue weighted by Crippen LogP contribution is 2.34. The lowest BCUT2D eigenvalue weighted by molar-refractivity contribution is -0.143. The highest BCUT2D eigenvalue weighted by Gasteiger charge is 2.18. The van der Waals surface area contributed by atoms with E-state index in [2.05, 4.69) is 10.3 Å². The van der Waals surface area contributed by atoms with Gasteiger partial charge in [0.1, 0.15) is 18.0 Å². The van der Waals surface area contributed by atoms with Crippen molar-refractivity contribution < 1.29 is 23.9 Å². The molecule has 2 aromatic heterocycles. The molecule has 1 aromatic carbocycles. The summed E-state index contributed by atoms with van der Waals surface area (Å²) in [5.41, 5.74) is 0.431. The Labute approximate surface area is 173 Å². The number of nitrogens with zero attached hydrogens (tertiary/aromatic N) is 1. The summed E-state index contributed by atoms with van der Waals surface area (Å²) < 4.78 is 10.8. The molecule has 0 aliphatic heterocycles. The number of rotatable bonds is 7. The summed E-state index contributed by atoms with van der Waals surface area (Å²) in [5, 5.41) is 5.45. The Bertz CT molecular complexity index is 1030. The maximum atomic E-state index is 12.3. The van der Waals surface area contributed by atoms with Crippen LogP contribution in [-0.4, -0.2) is 36.0 Å². The molecule has 0 radical (unpaired) electrons. The van der Waals surface area contributed by atoms with Crippen LogP contribution in [0.2, 0.25) is 5.02 Å². The largest absolute Gasteiger partial charge is 0.461 e. The van der Waals surface area contributed by atoms with Crippen molar-refractivity contribution in [3.05, 3.63) is 50.2 Å². The van der Waals surface area contributed by atoms with E-state index in [1.807, 2.05) is 24.3 Å². The number of fused-ring (bicyclic) bond motifs is 1. The third-order valence-electron chi connectivity index (χ3n) is 3.52. The molecule has 0 bridgehead atoms. The number of carbonyl (C=O) groups excluding carboxylic acids is 3. The molecular weight excluding hydrogens is 424 g/mol. The third kappa shape index (κ3) is 4.67. The van der Waals surface area contributed by atoms with E-state index in [9.17, 15) is 14.4 Å². The van der Waals surface area contributed by atoms with Gasteiger partial charge in [-0.3, -0.25) is 9.59 Å². The van der Waals surface area contributed by atoms with Crippen molar-refractivity contribution >= 4 is 62.2 Å². The minimum atomic E-state index is -0.628. The number of thiophene rings is 1. The number of benzene rings is 1. The van der Waals surface area contributed by atoms with Crippen molar-refractivity contribution in [3.8, 4) is 0 Å². The van der Waals surface area contributed by atoms with Gasteiger partial charge in [-0.2, -0.15) is 0 Å². The first-order valence-corrected chi connectivity index (χ1v) is 10.3. The lowest BCUT2D eigenvalue weighted by atomic mass is 10.2. The summed E-state index contributed by atoms with van der Waals surface area (Å²) in [7, 11) is 0. The summed E-state index contributed by atoms with van der Waals surface area (Å²) in [4.78, 5) is 40.1. The molecule has 0 unspecified atom stereocenters. The van der Waals surface area contributed by atoms with Gasteiger partial charge in [0.25, 0.3) is 5.91 Å². The Hall–Kier alpha value is -2.49. The Morgan fingerprint density at radius 3 is 2.75 bits per heavy atom. The number of hydrogen-bond acceptors (Lipinski definition) is 8. The normalized spacial score (nSPS) is 10.6. The molecule has 1 amide bonds. The van der Waals surface area contributed by atoms with E-state index in [4.69, 9.17) is 21.1 Å². The minimum absolute atomic E-state index is 0.103. The minimum Gasteiger partial charge on any atom is -0.461 e. The number of thiazole rings is 1. The van der Waals surface area contributed by atoms with E-state index >= 15 is 0 Å². The number of nitrogens with one attached hydrogen (secondary N) is 1. The summed E-state index contributed by atoms with van der Waals surface area (Å²) in [6.45, 7) is 1.55. The van der Waals surface area contributed by atoms with E-state index in [0.29, 0.717) is 15.6 Å². The summed E-state index contributed by atoms with van der Waals surface area (Å²) in [6, 6.07) is 7.40. The number of aromatic nitrogens is 1. The van der Waals surface area contributed by atoms with Crippen LogP contribution >= 0.6 is 34.3 Å². The molecule has 0 saturated heterocycles. The molecule has 3 rings (SSSR count). The zero-order valence-corrected chi connectivity index (χ0v) is 17.1. The van der Waals surface area contributed by atoms with Gasteiger partial charge in [-0.1, -0.05) is 29.8 Å². The number of ether oxygens (including phenoxy) is 2. The summed E-state index contributed by atoms with van der Waals surface area (Å²) in [6.07, 6.45) is 0. The van der Waals surface area contributed by atoms with E-state index in [1.54, 1.807) is 12.3 Å². The Morgan fingerprint density at radius 1 is 1.21 bits per heavy atom. The molecule has 1 N–H and O–H groups in total. The van der Waals surface area contributed by atoms with Crippen molar-refractivity contribution in [2.75, 3.05) is 13.2 Å². The van der Waals surface area contributed by atoms with Gasteiger partial charge in [-0.25, -0.2) is 9.78 Å². The number of esters is 2. The Balaban J connectivity index is 1.50. The molecule has 0 saturated carbocycles. The molecule has 146 valence electrons. The van der Waals surface area contributed by atoms with Gasteiger partial charge < -0.3 is 14.8 Å². The molecule has 2 heterocycles. The van der Waals surface area contributed by atoms with Crippen LogP contribution in [0, 0.1) is 0 Å². The van der Waals surface area contributed by atoms with E-state index in [1.165, 1.54) is 11.3 Å².